The van der Waals surface area contributed by atoms with Gasteiger partial charge in [-0.25, -0.2) is 13.1 Å². The number of hydrogen-bond acceptors (Lipinski definition) is 7. The van der Waals surface area contributed by atoms with E-state index >= 15 is 0 Å². The number of aliphatic hydroxyl groups excluding tert-OH is 1. The standard InChI is InChI=1S/C43H47N3O5S/c1-32-41(30-46-24-22-45(23-25-46)29-33-10-4-2-5-11-33)50-43(51-42(32)36-20-18-34(31-47)19-21-36)39-15-9-14-38(27-39)37-13-8-12-35(26-37)28-44-52(48,49)40-16-6-3-7-17-40/h2-21,26-27,32,41-44,47H,22-25,28-31H2,1H3. The van der Waals surface area contributed by atoms with E-state index in [1.54, 1.807) is 30.3 Å². The highest BCUT2D eigenvalue weighted by Crippen LogP contribution is 2.42. The second kappa shape index (κ2) is 16.7. The first kappa shape index (κ1) is 36.2. The summed E-state index contributed by atoms with van der Waals surface area (Å²) >= 11 is 0. The molecule has 9 heteroatoms. The van der Waals surface area contributed by atoms with Crippen LogP contribution in [0.4, 0.5) is 0 Å². The molecule has 0 aromatic heterocycles. The van der Waals surface area contributed by atoms with Crippen LogP contribution in [-0.4, -0.2) is 62.2 Å². The maximum absolute atomic E-state index is 12.8. The van der Waals surface area contributed by atoms with Gasteiger partial charge in [-0.1, -0.05) is 116 Å². The monoisotopic (exact) mass is 717 g/mol. The Labute approximate surface area is 307 Å². The van der Waals surface area contributed by atoms with Crippen molar-refractivity contribution in [2.24, 2.45) is 5.92 Å². The molecule has 0 radical (unpaired) electrons. The maximum atomic E-state index is 12.8. The summed E-state index contributed by atoms with van der Waals surface area (Å²) < 4.78 is 42.1. The quantitative estimate of drug-likeness (QED) is 0.145. The fraction of sp³-hybridized carbons (Fsp3) is 0.302. The van der Waals surface area contributed by atoms with E-state index in [1.807, 2.05) is 48.5 Å². The predicted octanol–water partition coefficient (Wildman–Crippen LogP) is 6.93. The molecule has 0 spiro atoms. The Bertz CT molecular complexity index is 2000. The third-order valence-corrected chi connectivity index (χ3v) is 11.6. The molecule has 2 heterocycles. The summed E-state index contributed by atoms with van der Waals surface area (Å²) in [6, 6.07) is 43.3. The van der Waals surface area contributed by atoms with E-state index in [-0.39, 0.29) is 36.2 Å². The SMILES string of the molecule is CC1C(CN2CCN(Cc3ccccc3)CC2)OC(c2cccc(-c3cccc(CNS(=O)(=O)c4ccccc4)c3)c2)OC1c1ccc(CO)cc1. The number of nitrogens with zero attached hydrogens (tertiary/aromatic N) is 2. The van der Waals surface area contributed by atoms with Gasteiger partial charge in [0.25, 0.3) is 0 Å². The van der Waals surface area contributed by atoms with Crippen LogP contribution >= 0.6 is 0 Å². The molecular formula is C43H47N3O5S. The lowest BCUT2D eigenvalue weighted by Gasteiger charge is -2.44. The predicted molar refractivity (Wildman–Crippen MR) is 203 cm³/mol. The van der Waals surface area contributed by atoms with Crippen LogP contribution in [0.25, 0.3) is 11.1 Å². The van der Waals surface area contributed by atoms with Crippen LogP contribution < -0.4 is 4.72 Å². The molecule has 0 saturated carbocycles. The van der Waals surface area contributed by atoms with Crippen LogP contribution in [0.2, 0.25) is 0 Å². The van der Waals surface area contributed by atoms with E-state index in [0.29, 0.717) is 0 Å². The minimum absolute atomic E-state index is 0.00113. The zero-order valence-corrected chi connectivity index (χ0v) is 30.4. The van der Waals surface area contributed by atoms with Gasteiger partial charge in [-0.05, 0) is 57.6 Å². The Morgan fingerprint density at radius 2 is 1.31 bits per heavy atom. The molecule has 52 heavy (non-hydrogen) atoms. The minimum atomic E-state index is -3.63. The van der Waals surface area contributed by atoms with Crippen molar-refractivity contribution in [2.75, 3.05) is 32.7 Å². The molecule has 270 valence electrons. The number of sulfonamides is 1. The Morgan fingerprint density at radius 3 is 2.02 bits per heavy atom. The van der Waals surface area contributed by atoms with Gasteiger partial charge in [0.2, 0.25) is 10.0 Å². The fourth-order valence-electron chi connectivity index (χ4n) is 7.14. The highest BCUT2D eigenvalue weighted by atomic mass is 32.2. The molecule has 0 aliphatic carbocycles. The Morgan fingerprint density at radius 1 is 0.673 bits per heavy atom. The first-order chi connectivity index (χ1) is 25.3. The normalized spacial score (nSPS) is 21.6. The van der Waals surface area contributed by atoms with Gasteiger partial charge < -0.3 is 14.6 Å². The number of hydrogen-bond donors (Lipinski definition) is 2. The molecule has 4 unspecified atom stereocenters. The summed E-state index contributed by atoms with van der Waals surface area (Å²) in [7, 11) is -3.63. The van der Waals surface area contributed by atoms with Crippen molar-refractivity contribution < 1.29 is 23.0 Å². The Balaban J connectivity index is 1.07. The number of piperazine rings is 1. The van der Waals surface area contributed by atoms with Crippen molar-refractivity contribution >= 4 is 10.0 Å². The first-order valence-corrected chi connectivity index (χ1v) is 19.6. The number of nitrogens with one attached hydrogen (secondary N) is 1. The second-order valence-corrected chi connectivity index (χ2v) is 15.6. The van der Waals surface area contributed by atoms with Gasteiger partial charge in [-0.3, -0.25) is 9.80 Å². The van der Waals surface area contributed by atoms with E-state index in [9.17, 15) is 13.5 Å². The van der Waals surface area contributed by atoms with Crippen molar-refractivity contribution in [3.05, 3.63) is 161 Å². The molecule has 7 rings (SSSR count). The van der Waals surface area contributed by atoms with E-state index in [2.05, 4.69) is 76.0 Å². The molecule has 4 atom stereocenters. The van der Waals surface area contributed by atoms with Crippen molar-refractivity contribution in [2.45, 2.75) is 50.0 Å². The zero-order chi connectivity index (χ0) is 35.9. The molecule has 2 aliphatic heterocycles. The van der Waals surface area contributed by atoms with E-state index in [0.717, 1.165) is 72.6 Å². The van der Waals surface area contributed by atoms with Gasteiger partial charge in [0.05, 0.1) is 23.7 Å². The van der Waals surface area contributed by atoms with Gasteiger partial charge >= 0.3 is 0 Å². The zero-order valence-electron chi connectivity index (χ0n) is 29.6. The van der Waals surface area contributed by atoms with Crippen molar-refractivity contribution in [3.63, 3.8) is 0 Å². The Kier molecular flexibility index (Phi) is 11.6. The fourth-order valence-corrected chi connectivity index (χ4v) is 8.18. The summed E-state index contributed by atoms with van der Waals surface area (Å²) in [4.78, 5) is 5.28. The number of aliphatic hydroxyl groups is 1. The molecule has 2 saturated heterocycles. The van der Waals surface area contributed by atoms with Crippen molar-refractivity contribution in [3.8, 4) is 11.1 Å². The highest BCUT2D eigenvalue weighted by Gasteiger charge is 2.39. The molecule has 2 N–H and O–H groups in total. The topological polar surface area (TPSA) is 91.3 Å². The minimum Gasteiger partial charge on any atom is -0.392 e. The third-order valence-electron chi connectivity index (χ3n) is 10.2. The average molecular weight is 718 g/mol. The molecule has 2 fully saturated rings. The molecule has 2 aliphatic rings. The lowest BCUT2D eigenvalue weighted by molar-refractivity contribution is -0.276. The van der Waals surface area contributed by atoms with Gasteiger partial charge in [-0.15, -0.1) is 0 Å². The summed E-state index contributed by atoms with van der Waals surface area (Å²) in [6.45, 7) is 8.15. The molecule has 5 aromatic rings. The second-order valence-electron chi connectivity index (χ2n) is 13.8. The van der Waals surface area contributed by atoms with Crippen LogP contribution in [0, 0.1) is 5.92 Å². The largest absolute Gasteiger partial charge is 0.392 e. The average Bonchev–Trinajstić information content (AvgIpc) is 3.19. The summed E-state index contributed by atoms with van der Waals surface area (Å²) in [5, 5.41) is 9.67. The Hall–Kier alpha value is -4.19. The molecule has 8 nitrogen and oxygen atoms in total. The maximum Gasteiger partial charge on any atom is 0.240 e. The first-order valence-electron chi connectivity index (χ1n) is 18.1. The van der Waals surface area contributed by atoms with Crippen LogP contribution in [0.3, 0.4) is 0 Å². The van der Waals surface area contributed by atoms with Gasteiger partial charge in [0.15, 0.2) is 6.29 Å². The number of rotatable bonds is 12. The summed E-state index contributed by atoms with van der Waals surface area (Å²) in [5.74, 6) is 0.0955. The van der Waals surface area contributed by atoms with E-state index in [1.165, 1.54) is 5.56 Å². The van der Waals surface area contributed by atoms with Crippen LogP contribution in [0.15, 0.2) is 138 Å². The molecule has 0 bridgehead atoms. The molecular weight excluding hydrogens is 671 g/mol. The smallest absolute Gasteiger partial charge is 0.240 e. The van der Waals surface area contributed by atoms with Gasteiger partial charge in [0, 0.05) is 57.3 Å². The third kappa shape index (κ3) is 8.87. The van der Waals surface area contributed by atoms with Gasteiger partial charge in [-0.2, -0.15) is 0 Å². The highest BCUT2D eigenvalue weighted by molar-refractivity contribution is 7.89. The lowest BCUT2D eigenvalue weighted by atomic mass is 9.89. The van der Waals surface area contributed by atoms with Crippen molar-refractivity contribution in [1.82, 2.24) is 14.5 Å². The van der Waals surface area contributed by atoms with Crippen LogP contribution in [0.1, 0.15) is 47.1 Å². The van der Waals surface area contributed by atoms with Gasteiger partial charge in [0.1, 0.15) is 0 Å². The van der Waals surface area contributed by atoms with Crippen LogP contribution in [0.5, 0.6) is 0 Å². The number of benzene rings is 5. The van der Waals surface area contributed by atoms with Crippen molar-refractivity contribution in [1.29, 1.82) is 0 Å². The van der Waals surface area contributed by atoms with E-state index in [4.69, 9.17) is 9.47 Å². The lowest BCUT2D eigenvalue weighted by Crippen LogP contribution is -2.51. The molecule has 5 aromatic carbocycles. The summed E-state index contributed by atoms with van der Waals surface area (Å²) in [6.07, 6.45) is -0.837. The van der Waals surface area contributed by atoms with Crippen LogP contribution in [-0.2, 0) is 39.2 Å². The molecule has 0 amide bonds. The van der Waals surface area contributed by atoms with E-state index < -0.39 is 16.3 Å². The number of ether oxygens (including phenoxy) is 2. The summed E-state index contributed by atoms with van der Waals surface area (Å²) in [5.41, 5.74) is 7.03.